The average Bonchev–Trinajstić information content (AvgIpc) is 2.25. The van der Waals surface area contributed by atoms with Crippen LogP contribution in [0.25, 0.3) is 5.76 Å². The number of benzene rings is 1. The lowest BCUT2D eigenvalue weighted by Crippen LogP contribution is -1.95. The third kappa shape index (κ3) is 3.02. The van der Waals surface area contributed by atoms with Gasteiger partial charge in [-0.15, -0.1) is 0 Å². The Labute approximate surface area is 87.7 Å². The number of carboxylic acids is 1. The van der Waals surface area contributed by atoms with Gasteiger partial charge in [-0.05, 0) is 12.1 Å². The van der Waals surface area contributed by atoms with Gasteiger partial charge >= 0.3 is 5.97 Å². The molecule has 1 rings (SSSR count). The van der Waals surface area contributed by atoms with E-state index in [9.17, 15) is 4.79 Å². The molecular weight excluding hydrogens is 196 g/mol. The molecule has 1 N–H and O–H groups in total. The van der Waals surface area contributed by atoms with E-state index in [0.717, 1.165) is 6.08 Å². The van der Waals surface area contributed by atoms with E-state index in [-0.39, 0.29) is 0 Å². The summed E-state index contributed by atoms with van der Waals surface area (Å²) in [6, 6.07) is 7.00. The molecule has 0 heterocycles. The van der Waals surface area contributed by atoms with Gasteiger partial charge in [0.2, 0.25) is 0 Å². The molecule has 0 radical (unpaired) electrons. The largest absolute Gasteiger partial charge is 0.497 e. The van der Waals surface area contributed by atoms with Crippen LogP contribution in [0.5, 0.6) is 5.75 Å². The van der Waals surface area contributed by atoms with Crippen LogP contribution in [0.4, 0.5) is 0 Å². The van der Waals surface area contributed by atoms with Crippen molar-refractivity contribution in [1.29, 1.82) is 0 Å². The third-order valence-corrected chi connectivity index (χ3v) is 1.83. The van der Waals surface area contributed by atoms with Crippen LogP contribution in [0, 0.1) is 0 Å². The molecule has 0 fully saturated rings. The Bertz CT molecular complexity index is 382. The molecule has 0 saturated heterocycles. The van der Waals surface area contributed by atoms with Crippen molar-refractivity contribution < 1.29 is 19.4 Å². The lowest BCUT2D eigenvalue weighted by Gasteiger charge is -2.06. The van der Waals surface area contributed by atoms with Gasteiger partial charge in [0.25, 0.3) is 0 Å². The first-order valence-corrected chi connectivity index (χ1v) is 4.30. The van der Waals surface area contributed by atoms with Crippen molar-refractivity contribution >= 4 is 11.7 Å². The van der Waals surface area contributed by atoms with Gasteiger partial charge in [0.1, 0.15) is 11.5 Å². The van der Waals surface area contributed by atoms with Gasteiger partial charge in [0.15, 0.2) is 0 Å². The predicted molar refractivity (Wildman–Crippen MR) is 55.6 cm³/mol. The van der Waals surface area contributed by atoms with Crippen LogP contribution >= 0.6 is 0 Å². The molecule has 15 heavy (non-hydrogen) atoms. The van der Waals surface area contributed by atoms with Gasteiger partial charge < -0.3 is 14.6 Å². The normalized spacial score (nSPS) is 10.9. The Hall–Kier alpha value is -1.97. The maximum absolute atomic E-state index is 10.5. The standard InChI is InChI=1S/C11H12O4/c1-14-9-5-3-4-8(6-9)10(15-2)7-11(12)13/h3-7H,1-2H3,(H,12,13)/b10-7+. The summed E-state index contributed by atoms with van der Waals surface area (Å²) in [5.41, 5.74) is 0.666. The third-order valence-electron chi connectivity index (χ3n) is 1.83. The molecule has 0 unspecified atom stereocenters. The number of hydrogen-bond acceptors (Lipinski definition) is 3. The summed E-state index contributed by atoms with van der Waals surface area (Å²) >= 11 is 0. The fourth-order valence-corrected chi connectivity index (χ4v) is 1.15. The summed E-state index contributed by atoms with van der Waals surface area (Å²) in [6.07, 6.45) is 1.01. The lowest BCUT2D eigenvalue weighted by atomic mass is 10.1. The molecule has 0 spiro atoms. The summed E-state index contributed by atoms with van der Waals surface area (Å²) in [5, 5.41) is 8.62. The van der Waals surface area contributed by atoms with E-state index in [1.807, 2.05) is 0 Å². The van der Waals surface area contributed by atoms with Crippen LogP contribution in [-0.4, -0.2) is 25.3 Å². The maximum Gasteiger partial charge on any atom is 0.332 e. The zero-order chi connectivity index (χ0) is 11.3. The minimum atomic E-state index is -1.05. The van der Waals surface area contributed by atoms with E-state index in [4.69, 9.17) is 14.6 Å². The SMILES string of the molecule is CO/C(=C/C(=O)O)c1cccc(OC)c1. The van der Waals surface area contributed by atoms with Crippen LogP contribution in [0.15, 0.2) is 30.3 Å². The van der Waals surface area contributed by atoms with E-state index < -0.39 is 5.97 Å². The van der Waals surface area contributed by atoms with Gasteiger partial charge in [-0.2, -0.15) is 0 Å². The van der Waals surface area contributed by atoms with Crippen LogP contribution in [0.2, 0.25) is 0 Å². The molecular formula is C11H12O4. The molecule has 0 aromatic heterocycles. The highest BCUT2D eigenvalue weighted by atomic mass is 16.5. The molecule has 0 amide bonds. The van der Waals surface area contributed by atoms with Crippen molar-refractivity contribution in [2.24, 2.45) is 0 Å². The number of carbonyl (C=O) groups is 1. The number of carboxylic acid groups (broad SMARTS) is 1. The Balaban J connectivity index is 3.07. The highest BCUT2D eigenvalue weighted by Gasteiger charge is 2.04. The van der Waals surface area contributed by atoms with Crippen LogP contribution in [0.3, 0.4) is 0 Å². The second-order valence-corrected chi connectivity index (χ2v) is 2.78. The minimum Gasteiger partial charge on any atom is -0.497 e. The number of aliphatic carboxylic acids is 1. The first-order valence-electron chi connectivity index (χ1n) is 4.30. The Morgan fingerprint density at radius 3 is 2.67 bits per heavy atom. The first kappa shape index (κ1) is 11.1. The number of methoxy groups -OCH3 is 2. The summed E-state index contributed by atoms with van der Waals surface area (Å²) in [5.74, 6) is -0.100. The highest BCUT2D eigenvalue weighted by Crippen LogP contribution is 2.20. The second kappa shape index (κ2) is 5.05. The smallest absolute Gasteiger partial charge is 0.332 e. The minimum absolute atomic E-state index is 0.293. The maximum atomic E-state index is 10.5. The van der Waals surface area contributed by atoms with Crippen LogP contribution < -0.4 is 4.74 Å². The second-order valence-electron chi connectivity index (χ2n) is 2.78. The van der Waals surface area contributed by atoms with Crippen molar-refractivity contribution in [2.75, 3.05) is 14.2 Å². The van der Waals surface area contributed by atoms with Gasteiger partial charge in [-0.3, -0.25) is 0 Å². The lowest BCUT2D eigenvalue weighted by molar-refractivity contribution is -0.131. The summed E-state index contributed by atoms with van der Waals surface area (Å²) in [7, 11) is 2.97. The van der Waals surface area contributed by atoms with E-state index in [2.05, 4.69) is 0 Å². The predicted octanol–water partition coefficient (Wildman–Crippen LogP) is 1.77. The summed E-state index contributed by atoms with van der Waals surface area (Å²) < 4.78 is 10.00. The molecule has 0 atom stereocenters. The van der Waals surface area contributed by atoms with E-state index >= 15 is 0 Å². The van der Waals surface area contributed by atoms with Crippen molar-refractivity contribution in [3.8, 4) is 5.75 Å². The monoisotopic (exact) mass is 208 g/mol. The van der Waals surface area contributed by atoms with E-state index in [1.165, 1.54) is 7.11 Å². The van der Waals surface area contributed by atoms with Crippen molar-refractivity contribution in [3.63, 3.8) is 0 Å². The molecule has 0 aliphatic rings. The zero-order valence-corrected chi connectivity index (χ0v) is 8.56. The quantitative estimate of drug-likeness (QED) is 0.605. The highest BCUT2D eigenvalue weighted by molar-refractivity contribution is 5.88. The summed E-state index contributed by atoms with van der Waals surface area (Å²) in [4.78, 5) is 10.5. The molecule has 1 aromatic rings. The molecule has 4 nitrogen and oxygen atoms in total. The number of rotatable bonds is 4. The molecule has 4 heteroatoms. The molecule has 80 valence electrons. The van der Waals surface area contributed by atoms with Gasteiger partial charge in [0.05, 0.1) is 20.3 Å². The Kier molecular flexibility index (Phi) is 3.74. The molecule has 0 aliphatic heterocycles. The Morgan fingerprint density at radius 1 is 1.40 bits per heavy atom. The van der Waals surface area contributed by atoms with Gasteiger partial charge in [-0.1, -0.05) is 12.1 Å². The van der Waals surface area contributed by atoms with Gasteiger partial charge in [-0.25, -0.2) is 4.79 Å². The molecule has 0 aliphatic carbocycles. The van der Waals surface area contributed by atoms with E-state index in [1.54, 1.807) is 31.4 Å². The Morgan fingerprint density at radius 2 is 2.13 bits per heavy atom. The first-order chi connectivity index (χ1) is 7.17. The van der Waals surface area contributed by atoms with Crippen LogP contribution in [0.1, 0.15) is 5.56 Å². The van der Waals surface area contributed by atoms with Crippen molar-refractivity contribution in [3.05, 3.63) is 35.9 Å². The molecule has 0 saturated carbocycles. The zero-order valence-electron chi connectivity index (χ0n) is 8.56. The molecule has 1 aromatic carbocycles. The fraction of sp³-hybridized carbons (Fsp3) is 0.182. The number of ether oxygens (including phenoxy) is 2. The topological polar surface area (TPSA) is 55.8 Å². The van der Waals surface area contributed by atoms with Crippen molar-refractivity contribution in [1.82, 2.24) is 0 Å². The average molecular weight is 208 g/mol. The molecule has 0 bridgehead atoms. The fourth-order valence-electron chi connectivity index (χ4n) is 1.15. The number of hydrogen-bond donors (Lipinski definition) is 1. The van der Waals surface area contributed by atoms with Crippen LogP contribution in [-0.2, 0) is 9.53 Å². The van der Waals surface area contributed by atoms with Gasteiger partial charge in [0, 0.05) is 5.56 Å². The summed E-state index contributed by atoms with van der Waals surface area (Å²) in [6.45, 7) is 0. The van der Waals surface area contributed by atoms with Crippen molar-refractivity contribution in [2.45, 2.75) is 0 Å². The van der Waals surface area contributed by atoms with E-state index in [0.29, 0.717) is 17.1 Å².